The Balaban J connectivity index is 1.56. The van der Waals surface area contributed by atoms with E-state index in [4.69, 9.17) is 0 Å². The van der Waals surface area contributed by atoms with Crippen LogP contribution in [0, 0.1) is 20.8 Å². The van der Waals surface area contributed by atoms with Crippen molar-refractivity contribution in [2.45, 2.75) is 27.3 Å². The van der Waals surface area contributed by atoms with Crippen LogP contribution in [0.2, 0.25) is 0 Å². The van der Waals surface area contributed by atoms with Crippen molar-refractivity contribution in [3.8, 4) is 5.69 Å². The van der Waals surface area contributed by atoms with Crippen LogP contribution in [0.5, 0.6) is 0 Å². The zero-order valence-corrected chi connectivity index (χ0v) is 20.3. The lowest BCUT2D eigenvalue weighted by Crippen LogP contribution is -2.27. The summed E-state index contributed by atoms with van der Waals surface area (Å²) in [5.74, 6) is 1.80. The summed E-state index contributed by atoms with van der Waals surface area (Å²) in [6.45, 7) is 6.59. The summed E-state index contributed by atoms with van der Waals surface area (Å²) in [6, 6.07) is 13.9. The number of carbonyl (C=O) groups is 1. The first-order valence-electron chi connectivity index (χ1n) is 11.3. The fourth-order valence-corrected chi connectivity index (χ4v) is 4.42. The molecule has 178 valence electrons. The maximum Gasteiger partial charge on any atom is 0.273 e. The second-order valence-corrected chi connectivity index (χ2v) is 8.71. The first-order valence-corrected chi connectivity index (χ1v) is 11.3. The number of fused-ring (bicyclic) bond motifs is 3. The molecule has 0 saturated carbocycles. The predicted molar refractivity (Wildman–Crippen MR) is 136 cm³/mol. The molecule has 1 amide bonds. The minimum atomic E-state index is -0.328. The molecule has 0 aliphatic carbocycles. The topological polar surface area (TPSA) is 113 Å². The first-order chi connectivity index (χ1) is 16.8. The number of hydrogen-bond donors (Lipinski definition) is 3. The lowest BCUT2D eigenvalue weighted by molar-refractivity contribution is 0.0958. The lowest BCUT2D eigenvalue weighted by atomic mass is 10.1. The summed E-state index contributed by atoms with van der Waals surface area (Å²) in [5.41, 5.74) is 6.61. The van der Waals surface area contributed by atoms with Gasteiger partial charge in [0.2, 0.25) is 0 Å². The number of hydrogen-bond acceptors (Lipinski definition) is 8. The largest absolute Gasteiger partial charge is 0.364 e. The summed E-state index contributed by atoms with van der Waals surface area (Å²) < 4.78 is 1.87. The molecular formula is C25H27N9O. The van der Waals surface area contributed by atoms with Gasteiger partial charge in [0.1, 0.15) is 5.82 Å². The lowest BCUT2D eigenvalue weighted by Gasteiger charge is -2.29. The molecule has 10 heteroatoms. The predicted octanol–water partition coefficient (Wildman–Crippen LogP) is 3.78. The number of benzene rings is 2. The van der Waals surface area contributed by atoms with E-state index in [1.165, 1.54) is 0 Å². The van der Waals surface area contributed by atoms with E-state index in [1.807, 2.05) is 62.8 Å². The van der Waals surface area contributed by atoms with Gasteiger partial charge in [0.15, 0.2) is 17.3 Å². The summed E-state index contributed by atoms with van der Waals surface area (Å²) in [5, 5.41) is 22.4. The summed E-state index contributed by atoms with van der Waals surface area (Å²) >= 11 is 0. The average molecular weight is 470 g/mol. The van der Waals surface area contributed by atoms with Crippen LogP contribution in [0.4, 0.5) is 28.6 Å². The molecule has 0 spiro atoms. The molecule has 5 rings (SSSR count). The number of nitrogens with zero attached hydrogens (tertiary/aromatic N) is 6. The Morgan fingerprint density at radius 1 is 0.971 bits per heavy atom. The standard InChI is InChI=1S/C25H27N9O/c1-14-9-15(2)11-17(10-14)28-21-12-19(23(31-30-21)25(35)26-4)29-18-7-6-8-20-24(18)33(5)13-22-27-16(3)32-34(20)22/h6-12H,13H2,1-5H3,(H,26,35)(H2,28,29,30). The van der Waals surface area contributed by atoms with Crippen LogP contribution in [-0.2, 0) is 6.54 Å². The molecular weight excluding hydrogens is 442 g/mol. The van der Waals surface area contributed by atoms with Crippen molar-refractivity contribution in [1.29, 1.82) is 0 Å². The third-order valence-corrected chi connectivity index (χ3v) is 5.78. The number of amides is 1. The van der Waals surface area contributed by atoms with Crippen molar-refractivity contribution in [3.63, 3.8) is 0 Å². The molecule has 1 aliphatic heterocycles. The van der Waals surface area contributed by atoms with Gasteiger partial charge in [0.25, 0.3) is 5.91 Å². The molecule has 0 bridgehead atoms. The number of rotatable bonds is 5. The molecule has 2 aromatic heterocycles. The van der Waals surface area contributed by atoms with E-state index in [-0.39, 0.29) is 11.6 Å². The molecule has 3 N–H and O–H groups in total. The van der Waals surface area contributed by atoms with E-state index in [0.717, 1.165) is 45.5 Å². The molecule has 4 aromatic rings. The quantitative estimate of drug-likeness (QED) is 0.405. The Morgan fingerprint density at radius 3 is 2.49 bits per heavy atom. The second-order valence-electron chi connectivity index (χ2n) is 8.71. The van der Waals surface area contributed by atoms with Gasteiger partial charge in [-0.3, -0.25) is 4.79 Å². The highest BCUT2D eigenvalue weighted by Gasteiger charge is 2.25. The zero-order valence-electron chi connectivity index (χ0n) is 20.3. The number of nitrogens with one attached hydrogen (secondary N) is 3. The van der Waals surface area contributed by atoms with Crippen LogP contribution >= 0.6 is 0 Å². The average Bonchev–Trinajstić information content (AvgIpc) is 3.18. The number of anilines is 5. The number of aromatic nitrogens is 5. The maximum atomic E-state index is 12.6. The van der Waals surface area contributed by atoms with Gasteiger partial charge in [-0.1, -0.05) is 12.1 Å². The van der Waals surface area contributed by atoms with E-state index >= 15 is 0 Å². The number of para-hydroxylation sites is 1. The van der Waals surface area contributed by atoms with Crippen LogP contribution in [0.15, 0.2) is 42.5 Å². The Morgan fingerprint density at radius 2 is 1.74 bits per heavy atom. The van der Waals surface area contributed by atoms with E-state index < -0.39 is 0 Å². The smallest absolute Gasteiger partial charge is 0.273 e. The Labute approximate surface area is 203 Å². The SMILES string of the molecule is CNC(=O)c1nnc(Nc2cc(C)cc(C)c2)cc1Nc1cccc2c1N(C)Cc1nc(C)nn1-2. The van der Waals surface area contributed by atoms with Gasteiger partial charge in [0, 0.05) is 25.8 Å². The highest BCUT2D eigenvalue weighted by Crippen LogP contribution is 2.38. The fraction of sp³-hybridized carbons (Fsp3) is 0.240. The van der Waals surface area contributed by atoms with Crippen molar-refractivity contribution in [2.24, 2.45) is 0 Å². The molecule has 0 atom stereocenters. The van der Waals surface area contributed by atoms with E-state index in [2.05, 4.69) is 47.2 Å². The van der Waals surface area contributed by atoms with Crippen molar-refractivity contribution >= 4 is 34.5 Å². The Hall–Kier alpha value is -4.47. The summed E-state index contributed by atoms with van der Waals surface area (Å²) in [6.07, 6.45) is 0. The molecule has 0 radical (unpaired) electrons. The zero-order chi connectivity index (χ0) is 24.7. The normalized spacial score (nSPS) is 12.1. The monoisotopic (exact) mass is 469 g/mol. The van der Waals surface area contributed by atoms with E-state index in [1.54, 1.807) is 13.1 Å². The van der Waals surface area contributed by atoms with Gasteiger partial charge in [0.05, 0.1) is 29.3 Å². The second kappa shape index (κ2) is 8.71. The van der Waals surface area contributed by atoms with Gasteiger partial charge in [-0.15, -0.1) is 10.2 Å². The molecule has 0 fully saturated rings. The molecule has 2 aromatic carbocycles. The third-order valence-electron chi connectivity index (χ3n) is 5.78. The Kier molecular flexibility index (Phi) is 5.56. The minimum absolute atomic E-state index is 0.201. The van der Waals surface area contributed by atoms with Crippen molar-refractivity contribution in [3.05, 3.63) is 70.9 Å². The van der Waals surface area contributed by atoms with Gasteiger partial charge in [-0.2, -0.15) is 5.10 Å². The molecule has 0 saturated heterocycles. The highest BCUT2D eigenvalue weighted by atomic mass is 16.1. The third kappa shape index (κ3) is 4.25. The van der Waals surface area contributed by atoms with Gasteiger partial charge < -0.3 is 20.9 Å². The van der Waals surface area contributed by atoms with Gasteiger partial charge >= 0.3 is 0 Å². The minimum Gasteiger partial charge on any atom is -0.364 e. The van der Waals surface area contributed by atoms with Crippen LogP contribution in [0.3, 0.4) is 0 Å². The van der Waals surface area contributed by atoms with Crippen molar-refractivity contribution < 1.29 is 4.79 Å². The van der Waals surface area contributed by atoms with Crippen molar-refractivity contribution in [2.75, 3.05) is 29.6 Å². The Bertz CT molecular complexity index is 1420. The first kappa shape index (κ1) is 22.3. The highest BCUT2D eigenvalue weighted by molar-refractivity contribution is 5.99. The molecule has 3 heterocycles. The number of aryl methyl sites for hydroxylation is 3. The van der Waals surface area contributed by atoms with Crippen molar-refractivity contribution in [1.82, 2.24) is 30.3 Å². The van der Waals surface area contributed by atoms with Crippen LogP contribution in [-0.4, -0.2) is 45.0 Å². The van der Waals surface area contributed by atoms with Gasteiger partial charge in [-0.25, -0.2) is 9.67 Å². The number of carbonyl (C=O) groups excluding carboxylic acids is 1. The van der Waals surface area contributed by atoms with Crippen LogP contribution in [0.25, 0.3) is 5.69 Å². The summed E-state index contributed by atoms with van der Waals surface area (Å²) in [4.78, 5) is 19.2. The van der Waals surface area contributed by atoms with Crippen LogP contribution < -0.4 is 20.9 Å². The molecule has 35 heavy (non-hydrogen) atoms. The van der Waals surface area contributed by atoms with E-state index in [9.17, 15) is 4.79 Å². The molecule has 1 aliphatic rings. The van der Waals surface area contributed by atoms with E-state index in [0.29, 0.717) is 18.1 Å². The van der Waals surface area contributed by atoms with Gasteiger partial charge in [-0.05, 0) is 56.2 Å². The van der Waals surface area contributed by atoms with Crippen LogP contribution in [0.1, 0.15) is 33.3 Å². The summed E-state index contributed by atoms with van der Waals surface area (Å²) in [7, 11) is 3.58. The fourth-order valence-electron chi connectivity index (χ4n) is 4.42. The molecule has 10 nitrogen and oxygen atoms in total. The maximum absolute atomic E-state index is 12.6. The molecule has 0 unspecified atom stereocenters.